The number of aryl methyl sites for hydroxylation is 1. The van der Waals surface area contributed by atoms with Gasteiger partial charge in [-0.25, -0.2) is 9.78 Å². The number of halogens is 1. The molecule has 0 radical (unpaired) electrons. The number of nitrogens with one attached hydrogen (secondary N) is 1. The molecule has 0 saturated carbocycles. The van der Waals surface area contributed by atoms with Gasteiger partial charge in [-0.3, -0.25) is 4.79 Å². The van der Waals surface area contributed by atoms with Crippen molar-refractivity contribution >= 4 is 29.3 Å². The lowest BCUT2D eigenvalue weighted by molar-refractivity contribution is 0.0693. The molecule has 0 saturated heterocycles. The highest BCUT2D eigenvalue weighted by Gasteiger charge is 2.16. The first-order chi connectivity index (χ1) is 8.97. The molecule has 1 aromatic carbocycles. The Kier molecular flexibility index (Phi) is 3.92. The van der Waals surface area contributed by atoms with Gasteiger partial charge in [-0.1, -0.05) is 29.4 Å². The van der Waals surface area contributed by atoms with Crippen LogP contribution in [0.1, 0.15) is 16.1 Å². The van der Waals surface area contributed by atoms with Gasteiger partial charge >= 0.3 is 5.97 Å². The third kappa shape index (κ3) is 3.15. The monoisotopic (exact) mass is 296 g/mol. The van der Waals surface area contributed by atoms with Gasteiger partial charge in [0.15, 0.2) is 5.16 Å². The van der Waals surface area contributed by atoms with Crippen LogP contribution in [0.15, 0.2) is 39.1 Å². The molecule has 2 rings (SSSR count). The zero-order valence-corrected chi connectivity index (χ0v) is 11.4. The molecule has 7 heteroatoms. The van der Waals surface area contributed by atoms with Gasteiger partial charge in [-0.2, -0.15) is 0 Å². The van der Waals surface area contributed by atoms with E-state index in [1.54, 1.807) is 19.1 Å². The average Bonchev–Trinajstić information content (AvgIpc) is 2.26. The second kappa shape index (κ2) is 5.46. The number of carboxylic acid groups (broad SMARTS) is 1. The highest BCUT2D eigenvalue weighted by atomic mass is 35.5. The van der Waals surface area contributed by atoms with Crippen molar-refractivity contribution in [3.05, 3.63) is 50.9 Å². The fraction of sp³-hybridized carbons (Fsp3) is 0.0833. The van der Waals surface area contributed by atoms with E-state index in [9.17, 15) is 9.59 Å². The molecule has 0 atom stereocenters. The minimum absolute atomic E-state index is 0.00155. The first-order valence-electron chi connectivity index (χ1n) is 5.25. The Morgan fingerprint density at radius 1 is 1.47 bits per heavy atom. The van der Waals surface area contributed by atoms with Gasteiger partial charge in [-0.05, 0) is 19.1 Å². The van der Waals surface area contributed by atoms with E-state index in [4.69, 9.17) is 16.7 Å². The molecular weight excluding hydrogens is 288 g/mol. The molecular formula is C12H9ClN2O3S. The summed E-state index contributed by atoms with van der Waals surface area (Å²) in [5.74, 6) is -1.12. The number of carbonyl (C=O) groups is 1. The third-order valence-electron chi connectivity index (χ3n) is 2.24. The molecule has 0 fully saturated rings. The molecule has 0 amide bonds. The van der Waals surface area contributed by atoms with Gasteiger partial charge in [0.2, 0.25) is 0 Å². The minimum Gasteiger partial charge on any atom is -0.478 e. The normalized spacial score (nSPS) is 10.4. The number of benzene rings is 1. The van der Waals surface area contributed by atoms with E-state index in [-0.39, 0.29) is 16.1 Å². The largest absolute Gasteiger partial charge is 0.478 e. The molecule has 0 aliphatic rings. The predicted octanol–water partition coefficient (Wildman–Crippen LogP) is 2.58. The second-order valence-corrected chi connectivity index (χ2v) is 5.15. The topological polar surface area (TPSA) is 83.0 Å². The summed E-state index contributed by atoms with van der Waals surface area (Å²) in [5.41, 5.74) is 0.275. The smallest absolute Gasteiger partial charge is 0.338 e. The van der Waals surface area contributed by atoms with Gasteiger partial charge in [0, 0.05) is 16.7 Å². The lowest BCUT2D eigenvalue weighted by Crippen LogP contribution is -2.08. The van der Waals surface area contributed by atoms with Crippen molar-refractivity contribution in [3.8, 4) is 0 Å². The maximum absolute atomic E-state index is 11.3. The summed E-state index contributed by atoms with van der Waals surface area (Å²) >= 11 is 6.92. The van der Waals surface area contributed by atoms with Crippen LogP contribution >= 0.6 is 23.4 Å². The number of aromatic amines is 1. The van der Waals surface area contributed by atoms with Crippen molar-refractivity contribution in [1.82, 2.24) is 9.97 Å². The Hall–Kier alpha value is -1.79. The van der Waals surface area contributed by atoms with Crippen LogP contribution in [0.5, 0.6) is 0 Å². The summed E-state index contributed by atoms with van der Waals surface area (Å²) in [7, 11) is 0. The van der Waals surface area contributed by atoms with Gasteiger partial charge in [-0.15, -0.1) is 0 Å². The summed E-state index contributed by atoms with van der Waals surface area (Å²) in [4.78, 5) is 29.6. The maximum atomic E-state index is 11.3. The van der Waals surface area contributed by atoms with Gasteiger partial charge in [0.1, 0.15) is 0 Å². The van der Waals surface area contributed by atoms with Gasteiger partial charge in [0.25, 0.3) is 5.56 Å². The number of hydrogen-bond acceptors (Lipinski definition) is 4. The van der Waals surface area contributed by atoms with Crippen LogP contribution in [0.2, 0.25) is 5.02 Å². The van der Waals surface area contributed by atoms with E-state index in [0.29, 0.717) is 15.7 Å². The SMILES string of the molecule is Cc1cc(=O)[nH]c(Sc2cccc(Cl)c2C(=O)O)n1. The minimum atomic E-state index is -1.12. The van der Waals surface area contributed by atoms with E-state index in [0.717, 1.165) is 11.8 Å². The van der Waals surface area contributed by atoms with Crippen LogP contribution in [0, 0.1) is 6.92 Å². The van der Waals surface area contributed by atoms with Gasteiger partial charge < -0.3 is 10.1 Å². The van der Waals surface area contributed by atoms with E-state index in [1.807, 2.05) is 0 Å². The Labute approximate surface area is 117 Å². The van der Waals surface area contributed by atoms with Crippen molar-refractivity contribution in [2.24, 2.45) is 0 Å². The van der Waals surface area contributed by atoms with Crippen molar-refractivity contribution in [2.45, 2.75) is 17.0 Å². The molecule has 19 heavy (non-hydrogen) atoms. The standard InChI is InChI=1S/C12H9ClN2O3S/c1-6-5-9(16)15-12(14-6)19-8-4-2-3-7(13)10(8)11(17)18/h2-5H,1H3,(H,17,18)(H,14,15,16). The molecule has 2 aromatic rings. The van der Waals surface area contributed by atoms with Gasteiger partial charge in [0.05, 0.1) is 10.6 Å². The highest BCUT2D eigenvalue weighted by molar-refractivity contribution is 7.99. The molecule has 0 spiro atoms. The van der Waals surface area contributed by atoms with Crippen molar-refractivity contribution in [2.75, 3.05) is 0 Å². The molecule has 1 aromatic heterocycles. The van der Waals surface area contributed by atoms with Crippen LogP contribution in [-0.4, -0.2) is 21.0 Å². The zero-order chi connectivity index (χ0) is 14.0. The van der Waals surface area contributed by atoms with E-state index in [1.165, 1.54) is 12.1 Å². The fourth-order valence-corrected chi connectivity index (χ4v) is 2.81. The average molecular weight is 297 g/mol. The summed E-state index contributed by atoms with van der Waals surface area (Å²) in [6.07, 6.45) is 0. The molecule has 0 unspecified atom stereocenters. The summed E-state index contributed by atoms with van der Waals surface area (Å²) in [6.45, 7) is 1.69. The van der Waals surface area contributed by atoms with Crippen molar-refractivity contribution in [1.29, 1.82) is 0 Å². The van der Waals surface area contributed by atoms with Crippen molar-refractivity contribution in [3.63, 3.8) is 0 Å². The summed E-state index contributed by atoms with van der Waals surface area (Å²) < 4.78 is 0. The van der Waals surface area contributed by atoms with Crippen molar-refractivity contribution < 1.29 is 9.90 Å². The molecule has 5 nitrogen and oxygen atoms in total. The van der Waals surface area contributed by atoms with E-state index in [2.05, 4.69) is 9.97 Å². The second-order valence-electron chi connectivity index (χ2n) is 3.71. The molecule has 98 valence electrons. The predicted molar refractivity (Wildman–Crippen MR) is 72.1 cm³/mol. The molecule has 0 aliphatic carbocycles. The number of nitrogens with zero attached hydrogens (tertiary/aromatic N) is 1. The van der Waals surface area contributed by atoms with Crippen LogP contribution < -0.4 is 5.56 Å². The Morgan fingerprint density at radius 3 is 2.84 bits per heavy atom. The third-order valence-corrected chi connectivity index (χ3v) is 3.51. The number of aromatic nitrogens is 2. The Balaban J connectivity index is 2.46. The Morgan fingerprint density at radius 2 is 2.21 bits per heavy atom. The molecule has 2 N–H and O–H groups in total. The summed E-state index contributed by atoms with van der Waals surface area (Å²) in [6, 6.07) is 6.12. The number of aromatic carboxylic acids is 1. The number of H-pyrrole nitrogens is 1. The van der Waals surface area contributed by atoms with Crippen LogP contribution in [-0.2, 0) is 0 Å². The van der Waals surface area contributed by atoms with Crippen LogP contribution in [0.4, 0.5) is 0 Å². The molecule has 0 bridgehead atoms. The zero-order valence-electron chi connectivity index (χ0n) is 9.81. The molecule has 0 aliphatic heterocycles. The Bertz CT molecular complexity index is 700. The first kappa shape index (κ1) is 13.6. The summed E-state index contributed by atoms with van der Waals surface area (Å²) in [5, 5.41) is 9.62. The number of hydrogen-bond donors (Lipinski definition) is 2. The first-order valence-corrected chi connectivity index (χ1v) is 6.44. The maximum Gasteiger partial charge on any atom is 0.338 e. The van der Waals surface area contributed by atoms with E-state index < -0.39 is 5.97 Å². The quantitative estimate of drug-likeness (QED) is 0.851. The highest BCUT2D eigenvalue weighted by Crippen LogP contribution is 2.31. The van der Waals surface area contributed by atoms with Crippen LogP contribution in [0.3, 0.4) is 0 Å². The fourth-order valence-electron chi connectivity index (χ4n) is 1.50. The number of carboxylic acids is 1. The van der Waals surface area contributed by atoms with E-state index >= 15 is 0 Å². The lowest BCUT2D eigenvalue weighted by Gasteiger charge is -2.06. The molecule has 1 heterocycles. The van der Waals surface area contributed by atoms with Crippen LogP contribution in [0.25, 0.3) is 0 Å². The lowest BCUT2D eigenvalue weighted by atomic mass is 10.2. The number of rotatable bonds is 3.